The van der Waals surface area contributed by atoms with E-state index in [4.69, 9.17) is 4.74 Å². The Morgan fingerprint density at radius 1 is 1.15 bits per heavy atom. The van der Waals surface area contributed by atoms with Gasteiger partial charge in [0, 0.05) is 24.7 Å². The minimum atomic E-state index is -0.618. The molecular weight excluding hydrogens is 354 g/mol. The molecule has 0 aliphatic carbocycles. The Balaban J connectivity index is 1.64. The average Bonchev–Trinajstić information content (AvgIpc) is 2.91. The monoisotopic (exact) mass is 369 g/mol. The van der Waals surface area contributed by atoms with E-state index in [-0.39, 0.29) is 30.1 Å². The zero-order chi connectivity index (χ0) is 19.6. The Hall–Kier alpha value is -3.75. The van der Waals surface area contributed by atoms with Crippen LogP contribution in [0.4, 0.5) is 11.4 Å². The molecule has 27 heavy (non-hydrogen) atoms. The molecule has 1 aliphatic heterocycles. The van der Waals surface area contributed by atoms with Gasteiger partial charge < -0.3 is 10.1 Å². The molecule has 0 atom stereocenters. The van der Waals surface area contributed by atoms with Crippen LogP contribution in [0.2, 0.25) is 0 Å². The molecular formula is C18H15N3O6. The normalized spacial score (nSPS) is 12.7. The topological polar surface area (TPSA) is 119 Å². The Labute approximate surface area is 153 Å². The molecule has 3 amide bonds. The first kappa shape index (κ1) is 18.1. The fourth-order valence-electron chi connectivity index (χ4n) is 2.79. The third kappa shape index (κ3) is 3.47. The van der Waals surface area contributed by atoms with Gasteiger partial charge in [0.2, 0.25) is 5.91 Å². The number of hydrogen-bond acceptors (Lipinski definition) is 6. The highest BCUT2D eigenvalue weighted by Crippen LogP contribution is 2.29. The van der Waals surface area contributed by atoms with E-state index in [0.717, 1.165) is 4.90 Å². The maximum Gasteiger partial charge on any atom is 0.312 e. The number of imide groups is 1. The number of nitro groups is 1. The second kappa shape index (κ2) is 7.24. The second-order valence-electron chi connectivity index (χ2n) is 5.75. The highest BCUT2D eigenvalue weighted by Gasteiger charge is 2.34. The molecule has 9 nitrogen and oxygen atoms in total. The van der Waals surface area contributed by atoms with Gasteiger partial charge in [-0.15, -0.1) is 0 Å². The van der Waals surface area contributed by atoms with Crippen LogP contribution in [0.5, 0.6) is 5.75 Å². The number of nitrogens with one attached hydrogen (secondary N) is 1. The highest BCUT2D eigenvalue weighted by atomic mass is 16.6. The van der Waals surface area contributed by atoms with Crippen LogP contribution < -0.4 is 10.1 Å². The summed E-state index contributed by atoms with van der Waals surface area (Å²) in [5.41, 5.74) is 0.563. The number of carbonyl (C=O) groups excluding carboxylic acids is 3. The van der Waals surface area contributed by atoms with Crippen LogP contribution >= 0.6 is 0 Å². The molecule has 1 heterocycles. The van der Waals surface area contributed by atoms with Gasteiger partial charge in [-0.05, 0) is 24.3 Å². The molecule has 1 N–H and O–H groups in total. The maximum atomic E-state index is 12.3. The van der Waals surface area contributed by atoms with Crippen molar-refractivity contribution in [2.24, 2.45) is 0 Å². The van der Waals surface area contributed by atoms with Gasteiger partial charge in [-0.1, -0.05) is 12.1 Å². The molecule has 138 valence electrons. The number of fused-ring (bicyclic) bond motifs is 1. The van der Waals surface area contributed by atoms with Crippen molar-refractivity contribution in [2.45, 2.75) is 6.42 Å². The molecule has 0 aromatic heterocycles. The number of methoxy groups -OCH3 is 1. The summed E-state index contributed by atoms with van der Waals surface area (Å²) in [4.78, 5) is 48.1. The summed E-state index contributed by atoms with van der Waals surface area (Å²) in [6, 6.07) is 10.5. The summed E-state index contributed by atoms with van der Waals surface area (Å²) in [5, 5.41) is 13.5. The molecule has 0 saturated heterocycles. The van der Waals surface area contributed by atoms with Crippen molar-refractivity contribution in [1.82, 2.24) is 4.90 Å². The Morgan fingerprint density at radius 2 is 1.78 bits per heavy atom. The molecule has 0 unspecified atom stereocenters. The van der Waals surface area contributed by atoms with E-state index in [9.17, 15) is 24.5 Å². The lowest BCUT2D eigenvalue weighted by molar-refractivity contribution is -0.385. The number of amides is 3. The van der Waals surface area contributed by atoms with Crippen molar-refractivity contribution >= 4 is 29.1 Å². The first-order valence-electron chi connectivity index (χ1n) is 8.00. The minimum Gasteiger partial charge on any atom is -0.490 e. The Bertz CT molecular complexity index is 921. The molecule has 3 rings (SSSR count). The number of carbonyl (C=O) groups is 3. The molecule has 9 heteroatoms. The van der Waals surface area contributed by atoms with Gasteiger partial charge in [0.1, 0.15) is 0 Å². The first-order chi connectivity index (χ1) is 12.9. The summed E-state index contributed by atoms with van der Waals surface area (Å²) < 4.78 is 4.90. The highest BCUT2D eigenvalue weighted by molar-refractivity contribution is 6.21. The van der Waals surface area contributed by atoms with Crippen LogP contribution in [0, 0.1) is 10.1 Å². The van der Waals surface area contributed by atoms with Crippen molar-refractivity contribution in [3.05, 3.63) is 63.7 Å². The fourth-order valence-corrected chi connectivity index (χ4v) is 2.79. The predicted molar refractivity (Wildman–Crippen MR) is 94.7 cm³/mol. The number of nitrogens with zero attached hydrogens (tertiary/aromatic N) is 2. The van der Waals surface area contributed by atoms with Crippen LogP contribution in [-0.2, 0) is 4.79 Å². The molecule has 1 aliphatic rings. The van der Waals surface area contributed by atoms with Crippen LogP contribution in [0.1, 0.15) is 27.1 Å². The van der Waals surface area contributed by atoms with E-state index in [1.165, 1.54) is 25.3 Å². The van der Waals surface area contributed by atoms with Crippen molar-refractivity contribution in [2.75, 3.05) is 19.0 Å². The first-order valence-corrected chi connectivity index (χ1v) is 8.00. The third-order valence-electron chi connectivity index (χ3n) is 4.10. The lowest BCUT2D eigenvalue weighted by atomic mass is 10.1. The van der Waals surface area contributed by atoms with Crippen LogP contribution in [0.15, 0.2) is 42.5 Å². The molecule has 2 aromatic rings. The molecule has 0 bridgehead atoms. The van der Waals surface area contributed by atoms with E-state index in [1.807, 2.05) is 0 Å². The van der Waals surface area contributed by atoms with Crippen molar-refractivity contribution < 1.29 is 24.0 Å². The van der Waals surface area contributed by atoms with E-state index in [0.29, 0.717) is 11.1 Å². The Morgan fingerprint density at radius 3 is 2.33 bits per heavy atom. The molecule has 2 aromatic carbocycles. The summed E-state index contributed by atoms with van der Waals surface area (Å²) in [7, 11) is 1.31. The van der Waals surface area contributed by atoms with Gasteiger partial charge in [-0.25, -0.2) is 0 Å². The number of benzene rings is 2. The third-order valence-corrected chi connectivity index (χ3v) is 4.10. The van der Waals surface area contributed by atoms with E-state index in [2.05, 4.69) is 5.32 Å². The molecule has 0 radical (unpaired) electrons. The van der Waals surface area contributed by atoms with E-state index >= 15 is 0 Å². The summed E-state index contributed by atoms with van der Waals surface area (Å²) in [6.07, 6.45) is -0.134. The largest absolute Gasteiger partial charge is 0.490 e. The standard InChI is InChI=1S/C18H15N3O6/c1-27-15-7-6-11(10-14(15)21(25)26)19-16(22)8-9-20-17(23)12-4-2-3-5-13(12)18(20)24/h2-7,10H,8-9H2,1H3,(H,19,22). The maximum absolute atomic E-state index is 12.3. The number of rotatable bonds is 6. The fraction of sp³-hybridized carbons (Fsp3) is 0.167. The van der Waals surface area contributed by atoms with Gasteiger partial charge in [0.25, 0.3) is 11.8 Å². The zero-order valence-electron chi connectivity index (χ0n) is 14.3. The van der Waals surface area contributed by atoms with Gasteiger partial charge in [-0.2, -0.15) is 0 Å². The minimum absolute atomic E-state index is 0.0732. The molecule has 0 spiro atoms. The predicted octanol–water partition coefficient (Wildman–Crippen LogP) is 2.23. The summed E-state index contributed by atoms with van der Waals surface area (Å²) >= 11 is 0. The second-order valence-corrected chi connectivity index (χ2v) is 5.75. The van der Waals surface area contributed by atoms with Crippen LogP contribution in [-0.4, -0.2) is 41.2 Å². The van der Waals surface area contributed by atoms with E-state index < -0.39 is 22.6 Å². The van der Waals surface area contributed by atoms with Crippen molar-refractivity contribution in [3.8, 4) is 5.75 Å². The van der Waals surface area contributed by atoms with Crippen molar-refractivity contribution in [1.29, 1.82) is 0 Å². The smallest absolute Gasteiger partial charge is 0.312 e. The SMILES string of the molecule is COc1ccc(NC(=O)CCN2C(=O)c3ccccc3C2=O)cc1[N+](=O)[O-]. The lowest BCUT2D eigenvalue weighted by Gasteiger charge is -2.13. The van der Waals surface area contributed by atoms with Crippen molar-refractivity contribution in [3.63, 3.8) is 0 Å². The summed E-state index contributed by atoms with van der Waals surface area (Å²) in [5.74, 6) is -1.29. The summed E-state index contributed by atoms with van der Waals surface area (Å²) in [6.45, 7) is -0.0869. The quantitative estimate of drug-likeness (QED) is 0.474. The van der Waals surface area contributed by atoms with Crippen LogP contribution in [0.3, 0.4) is 0 Å². The molecule has 0 saturated carbocycles. The van der Waals surface area contributed by atoms with Crippen LogP contribution in [0.25, 0.3) is 0 Å². The number of ether oxygens (including phenoxy) is 1. The number of anilines is 1. The lowest BCUT2D eigenvalue weighted by Crippen LogP contribution is -2.32. The number of hydrogen-bond donors (Lipinski definition) is 1. The van der Waals surface area contributed by atoms with E-state index in [1.54, 1.807) is 24.3 Å². The zero-order valence-corrected chi connectivity index (χ0v) is 14.3. The molecule has 0 fully saturated rings. The van der Waals surface area contributed by atoms with Gasteiger partial charge in [0.05, 0.1) is 23.2 Å². The van der Waals surface area contributed by atoms with Gasteiger partial charge >= 0.3 is 5.69 Å². The number of nitro benzene ring substituents is 1. The van der Waals surface area contributed by atoms with Gasteiger partial charge in [-0.3, -0.25) is 29.4 Å². The average molecular weight is 369 g/mol. The Kier molecular flexibility index (Phi) is 4.84. The van der Waals surface area contributed by atoms with Gasteiger partial charge in [0.15, 0.2) is 5.75 Å².